The first kappa shape index (κ1) is 13.0. The molecule has 0 radical (unpaired) electrons. The summed E-state index contributed by atoms with van der Waals surface area (Å²) in [5.74, 6) is -0.305. The highest BCUT2D eigenvalue weighted by molar-refractivity contribution is 9.10. The van der Waals surface area contributed by atoms with Crippen LogP contribution in [0.2, 0.25) is 0 Å². The zero-order chi connectivity index (χ0) is 13.1. The van der Waals surface area contributed by atoms with Gasteiger partial charge in [-0.1, -0.05) is 6.07 Å². The highest BCUT2D eigenvalue weighted by Gasteiger charge is 2.09. The fraction of sp³-hybridized carbons (Fsp3) is 0.0769. The van der Waals surface area contributed by atoms with Gasteiger partial charge >= 0.3 is 0 Å². The molecule has 0 aliphatic rings. The number of rotatable bonds is 3. The zero-order valence-electron chi connectivity index (χ0n) is 9.29. The summed E-state index contributed by atoms with van der Waals surface area (Å²) in [6.45, 7) is 0.0149. The first-order valence-electron chi connectivity index (χ1n) is 5.22. The zero-order valence-corrected chi connectivity index (χ0v) is 10.9. The maximum atomic E-state index is 13.5. The Morgan fingerprint density at radius 1 is 1.11 bits per heavy atom. The Bertz CT molecular complexity index is 575. The molecule has 0 unspecified atom stereocenters. The van der Waals surface area contributed by atoms with Gasteiger partial charge in [-0.25, -0.2) is 8.78 Å². The van der Waals surface area contributed by atoms with Crippen molar-refractivity contribution < 1.29 is 13.5 Å². The standard InChI is InChI=1S/C13H10BrF2NO/c14-10-5-4-8(6-12(10)16)18-13-3-1-2-11(15)9(13)7-17/h1-6H,7,17H2. The third-order valence-corrected chi connectivity index (χ3v) is 3.04. The van der Waals surface area contributed by atoms with E-state index < -0.39 is 11.6 Å². The fourth-order valence-corrected chi connectivity index (χ4v) is 1.75. The van der Waals surface area contributed by atoms with E-state index in [1.807, 2.05) is 0 Å². The van der Waals surface area contributed by atoms with E-state index in [0.717, 1.165) is 0 Å². The molecule has 0 atom stereocenters. The molecule has 0 amide bonds. The van der Waals surface area contributed by atoms with Gasteiger partial charge in [0.05, 0.1) is 4.47 Å². The average molecular weight is 314 g/mol. The third-order valence-electron chi connectivity index (χ3n) is 2.40. The normalized spacial score (nSPS) is 10.4. The Balaban J connectivity index is 2.34. The van der Waals surface area contributed by atoms with Gasteiger partial charge in [-0.3, -0.25) is 0 Å². The number of benzene rings is 2. The molecule has 2 N–H and O–H groups in total. The molecule has 2 nitrogen and oxygen atoms in total. The summed E-state index contributed by atoms with van der Waals surface area (Å²) in [4.78, 5) is 0. The van der Waals surface area contributed by atoms with Crippen molar-refractivity contribution in [2.45, 2.75) is 6.54 Å². The van der Waals surface area contributed by atoms with E-state index in [1.165, 1.54) is 24.3 Å². The van der Waals surface area contributed by atoms with E-state index in [0.29, 0.717) is 10.2 Å². The molecule has 0 aliphatic heterocycles. The minimum atomic E-state index is -0.446. The quantitative estimate of drug-likeness (QED) is 0.930. The van der Waals surface area contributed by atoms with Crippen LogP contribution >= 0.6 is 15.9 Å². The SMILES string of the molecule is NCc1c(F)cccc1Oc1ccc(Br)c(F)c1. The Morgan fingerprint density at radius 2 is 1.89 bits per heavy atom. The molecule has 0 saturated carbocycles. The van der Waals surface area contributed by atoms with Crippen molar-refractivity contribution in [2.24, 2.45) is 5.73 Å². The summed E-state index contributed by atoms with van der Waals surface area (Å²) < 4.78 is 32.6. The first-order chi connectivity index (χ1) is 8.61. The minimum absolute atomic E-state index is 0.0149. The van der Waals surface area contributed by atoms with Crippen molar-refractivity contribution in [3.63, 3.8) is 0 Å². The van der Waals surface area contributed by atoms with E-state index in [4.69, 9.17) is 10.5 Å². The predicted octanol–water partition coefficient (Wildman–Crippen LogP) is 3.98. The van der Waals surface area contributed by atoms with E-state index in [1.54, 1.807) is 12.1 Å². The number of hydrogen-bond donors (Lipinski definition) is 1. The van der Waals surface area contributed by atoms with Gasteiger partial charge in [-0.15, -0.1) is 0 Å². The van der Waals surface area contributed by atoms with Gasteiger partial charge < -0.3 is 10.5 Å². The third kappa shape index (κ3) is 2.68. The minimum Gasteiger partial charge on any atom is -0.457 e. The lowest BCUT2D eigenvalue weighted by atomic mass is 10.2. The van der Waals surface area contributed by atoms with Crippen LogP contribution in [0.5, 0.6) is 11.5 Å². The van der Waals surface area contributed by atoms with Crippen molar-refractivity contribution in [1.82, 2.24) is 0 Å². The second-order valence-electron chi connectivity index (χ2n) is 3.60. The molecule has 0 aliphatic carbocycles. The van der Waals surface area contributed by atoms with Gasteiger partial charge in [-0.2, -0.15) is 0 Å². The summed E-state index contributed by atoms with van der Waals surface area (Å²) in [6, 6.07) is 8.72. The smallest absolute Gasteiger partial charge is 0.141 e. The lowest BCUT2D eigenvalue weighted by Crippen LogP contribution is -2.02. The maximum absolute atomic E-state index is 13.5. The van der Waals surface area contributed by atoms with Crippen molar-refractivity contribution in [2.75, 3.05) is 0 Å². The summed E-state index contributed by atoms with van der Waals surface area (Å²) in [7, 11) is 0. The van der Waals surface area contributed by atoms with Gasteiger partial charge in [0.1, 0.15) is 23.1 Å². The van der Waals surface area contributed by atoms with E-state index >= 15 is 0 Å². The average Bonchev–Trinajstić information content (AvgIpc) is 2.34. The van der Waals surface area contributed by atoms with E-state index in [-0.39, 0.29) is 17.9 Å². The summed E-state index contributed by atoms with van der Waals surface area (Å²) >= 11 is 3.04. The van der Waals surface area contributed by atoms with Crippen LogP contribution in [0.4, 0.5) is 8.78 Å². The molecular formula is C13H10BrF2NO. The van der Waals surface area contributed by atoms with Crippen LogP contribution in [0.15, 0.2) is 40.9 Å². The number of halogens is 3. The molecular weight excluding hydrogens is 304 g/mol. The van der Waals surface area contributed by atoms with Crippen LogP contribution in [0, 0.1) is 11.6 Å². The van der Waals surface area contributed by atoms with E-state index in [2.05, 4.69) is 15.9 Å². The summed E-state index contributed by atoms with van der Waals surface area (Å²) in [5.41, 5.74) is 5.72. The summed E-state index contributed by atoms with van der Waals surface area (Å²) in [5, 5.41) is 0. The largest absolute Gasteiger partial charge is 0.457 e. The van der Waals surface area contributed by atoms with Crippen LogP contribution in [0.1, 0.15) is 5.56 Å². The molecule has 0 heterocycles. The Kier molecular flexibility index (Phi) is 3.93. The predicted molar refractivity (Wildman–Crippen MR) is 68.5 cm³/mol. The summed E-state index contributed by atoms with van der Waals surface area (Å²) in [6.07, 6.45) is 0. The van der Waals surface area contributed by atoms with Crippen LogP contribution < -0.4 is 10.5 Å². The van der Waals surface area contributed by atoms with Crippen LogP contribution in [0.3, 0.4) is 0 Å². The molecule has 94 valence electrons. The van der Waals surface area contributed by atoms with Gasteiger partial charge in [0.25, 0.3) is 0 Å². The molecule has 0 fully saturated rings. The molecule has 2 aromatic carbocycles. The Hall–Kier alpha value is -1.46. The van der Waals surface area contributed by atoms with Crippen molar-refractivity contribution in [3.8, 4) is 11.5 Å². The Labute approximate surface area is 112 Å². The number of nitrogens with two attached hydrogens (primary N) is 1. The Morgan fingerprint density at radius 3 is 2.56 bits per heavy atom. The second-order valence-corrected chi connectivity index (χ2v) is 4.45. The van der Waals surface area contributed by atoms with Gasteiger partial charge in [0, 0.05) is 18.2 Å². The second kappa shape index (κ2) is 5.46. The molecule has 2 aromatic rings. The maximum Gasteiger partial charge on any atom is 0.141 e. The lowest BCUT2D eigenvalue weighted by molar-refractivity contribution is 0.462. The highest BCUT2D eigenvalue weighted by atomic mass is 79.9. The highest BCUT2D eigenvalue weighted by Crippen LogP contribution is 2.29. The van der Waals surface area contributed by atoms with Gasteiger partial charge in [0.2, 0.25) is 0 Å². The van der Waals surface area contributed by atoms with Crippen LogP contribution in [0.25, 0.3) is 0 Å². The van der Waals surface area contributed by atoms with Gasteiger partial charge in [-0.05, 0) is 40.2 Å². The monoisotopic (exact) mass is 313 g/mol. The lowest BCUT2D eigenvalue weighted by Gasteiger charge is -2.10. The van der Waals surface area contributed by atoms with Crippen molar-refractivity contribution in [3.05, 3.63) is 58.1 Å². The van der Waals surface area contributed by atoms with Crippen LogP contribution in [-0.4, -0.2) is 0 Å². The van der Waals surface area contributed by atoms with Gasteiger partial charge in [0.15, 0.2) is 0 Å². The number of ether oxygens (including phenoxy) is 1. The molecule has 5 heteroatoms. The molecule has 0 spiro atoms. The molecule has 0 bridgehead atoms. The van der Waals surface area contributed by atoms with Crippen molar-refractivity contribution in [1.29, 1.82) is 0 Å². The molecule has 2 rings (SSSR count). The first-order valence-corrected chi connectivity index (χ1v) is 6.01. The molecule has 0 aromatic heterocycles. The fourth-order valence-electron chi connectivity index (χ4n) is 1.50. The molecule has 18 heavy (non-hydrogen) atoms. The molecule has 0 saturated heterocycles. The van der Waals surface area contributed by atoms with E-state index in [9.17, 15) is 8.78 Å². The van der Waals surface area contributed by atoms with Crippen LogP contribution in [-0.2, 0) is 6.54 Å². The van der Waals surface area contributed by atoms with Crippen molar-refractivity contribution >= 4 is 15.9 Å². The topological polar surface area (TPSA) is 35.2 Å². The number of hydrogen-bond acceptors (Lipinski definition) is 2.